The predicted molar refractivity (Wildman–Crippen MR) is 128 cm³/mol. The molecule has 0 bridgehead atoms. The second-order valence-electron chi connectivity index (χ2n) is 6.50. The number of aromatic nitrogens is 2. The van der Waals surface area contributed by atoms with Gasteiger partial charge in [-0.25, -0.2) is 8.42 Å². The largest absolute Gasteiger partial charge is 0.299 e. The minimum absolute atomic E-state index is 0.194. The lowest BCUT2D eigenvalue weighted by Crippen LogP contribution is -2.45. The zero-order valence-corrected chi connectivity index (χ0v) is 20.4. The molecule has 31 heavy (non-hydrogen) atoms. The van der Waals surface area contributed by atoms with Gasteiger partial charge in [0.2, 0.25) is 21.1 Å². The van der Waals surface area contributed by atoms with Crippen LogP contribution < -0.4 is 9.62 Å². The summed E-state index contributed by atoms with van der Waals surface area (Å²) in [5.74, 6) is 0.161. The minimum atomic E-state index is -3.80. The van der Waals surface area contributed by atoms with E-state index in [1.807, 2.05) is 30.3 Å². The third kappa shape index (κ3) is 6.56. The molecule has 0 aliphatic rings. The SMILES string of the molecule is C[C@@H](C(=O)Nc1nnc(SCc2ccccc2)s1)N(c1cc(Cl)cc(Cl)c1)S(C)(=O)=O. The monoisotopic (exact) mass is 516 g/mol. The molecule has 0 aliphatic heterocycles. The fourth-order valence-corrected chi connectivity index (χ4v) is 6.11. The molecule has 1 aromatic heterocycles. The lowest BCUT2D eigenvalue weighted by molar-refractivity contribution is -0.116. The summed E-state index contributed by atoms with van der Waals surface area (Å²) in [5.41, 5.74) is 1.34. The number of carbonyl (C=O) groups is 1. The Morgan fingerprint density at radius 2 is 1.81 bits per heavy atom. The van der Waals surface area contributed by atoms with Crippen LogP contribution in [0.15, 0.2) is 52.9 Å². The van der Waals surface area contributed by atoms with E-state index in [4.69, 9.17) is 23.2 Å². The lowest BCUT2D eigenvalue weighted by atomic mass is 10.2. The van der Waals surface area contributed by atoms with Crippen LogP contribution in [0.4, 0.5) is 10.8 Å². The van der Waals surface area contributed by atoms with Crippen LogP contribution in [-0.2, 0) is 20.6 Å². The highest BCUT2D eigenvalue weighted by Crippen LogP contribution is 2.30. The molecule has 1 amide bonds. The molecule has 0 radical (unpaired) electrons. The van der Waals surface area contributed by atoms with Gasteiger partial charge in [-0.05, 0) is 30.7 Å². The van der Waals surface area contributed by atoms with Gasteiger partial charge in [0.25, 0.3) is 0 Å². The van der Waals surface area contributed by atoms with Gasteiger partial charge in [0.1, 0.15) is 6.04 Å². The molecule has 12 heteroatoms. The van der Waals surface area contributed by atoms with Crippen molar-refractivity contribution in [3.63, 3.8) is 0 Å². The maximum Gasteiger partial charge on any atom is 0.249 e. The number of hydrogen-bond acceptors (Lipinski definition) is 7. The van der Waals surface area contributed by atoms with E-state index in [1.54, 1.807) is 0 Å². The first-order valence-corrected chi connectivity index (χ1v) is 13.3. The van der Waals surface area contributed by atoms with Gasteiger partial charge in [0.15, 0.2) is 4.34 Å². The minimum Gasteiger partial charge on any atom is -0.299 e. The van der Waals surface area contributed by atoms with Crippen LogP contribution in [0.25, 0.3) is 0 Å². The molecule has 164 valence electrons. The van der Waals surface area contributed by atoms with Crippen molar-refractivity contribution >= 4 is 73.0 Å². The van der Waals surface area contributed by atoms with E-state index in [0.717, 1.165) is 21.9 Å². The van der Waals surface area contributed by atoms with Crippen molar-refractivity contribution < 1.29 is 13.2 Å². The van der Waals surface area contributed by atoms with Crippen LogP contribution in [0.2, 0.25) is 10.0 Å². The second-order valence-corrected chi connectivity index (χ2v) is 11.4. The highest BCUT2D eigenvalue weighted by atomic mass is 35.5. The van der Waals surface area contributed by atoms with Gasteiger partial charge in [-0.3, -0.25) is 14.4 Å². The van der Waals surface area contributed by atoms with Crippen molar-refractivity contribution in [1.29, 1.82) is 0 Å². The first-order valence-electron chi connectivity index (χ1n) is 8.90. The molecule has 1 N–H and O–H groups in total. The fraction of sp³-hybridized carbons (Fsp3) is 0.211. The number of anilines is 2. The molecule has 0 aliphatic carbocycles. The van der Waals surface area contributed by atoms with Gasteiger partial charge in [0, 0.05) is 15.8 Å². The van der Waals surface area contributed by atoms with E-state index < -0.39 is 22.0 Å². The number of halogens is 2. The number of sulfonamides is 1. The van der Waals surface area contributed by atoms with E-state index >= 15 is 0 Å². The van der Waals surface area contributed by atoms with E-state index in [0.29, 0.717) is 4.34 Å². The number of amides is 1. The zero-order valence-electron chi connectivity index (χ0n) is 16.5. The van der Waals surface area contributed by atoms with Crippen LogP contribution in [0.5, 0.6) is 0 Å². The topological polar surface area (TPSA) is 92.3 Å². The highest BCUT2D eigenvalue weighted by Gasteiger charge is 2.30. The highest BCUT2D eigenvalue weighted by molar-refractivity contribution is 8.00. The molecule has 0 spiro atoms. The Labute approximate surface area is 198 Å². The van der Waals surface area contributed by atoms with Gasteiger partial charge in [0.05, 0.1) is 11.9 Å². The van der Waals surface area contributed by atoms with Crippen LogP contribution in [0.1, 0.15) is 12.5 Å². The molecule has 0 unspecified atom stereocenters. The third-order valence-electron chi connectivity index (χ3n) is 4.03. The summed E-state index contributed by atoms with van der Waals surface area (Å²) >= 11 is 14.7. The van der Waals surface area contributed by atoms with Gasteiger partial charge < -0.3 is 0 Å². The Morgan fingerprint density at radius 1 is 1.16 bits per heavy atom. The molecular formula is C19H18Cl2N4O3S3. The van der Waals surface area contributed by atoms with Crippen molar-refractivity contribution in [3.8, 4) is 0 Å². The molecule has 0 saturated carbocycles. The van der Waals surface area contributed by atoms with Gasteiger partial charge in [-0.2, -0.15) is 0 Å². The standard InChI is InChI=1S/C19H18Cl2N4O3S3/c1-12(25(31(2,27)28)16-9-14(20)8-15(21)10-16)17(26)22-18-23-24-19(30-18)29-11-13-6-4-3-5-7-13/h3-10,12H,11H2,1-2H3,(H,22,23,26)/t12-/m0/s1. The number of benzene rings is 2. The summed E-state index contributed by atoms with van der Waals surface area (Å²) in [5, 5.41) is 11.5. The molecule has 0 fully saturated rings. The third-order valence-corrected chi connectivity index (χ3v) is 7.75. The summed E-state index contributed by atoms with van der Waals surface area (Å²) in [7, 11) is -3.80. The van der Waals surface area contributed by atoms with Crippen LogP contribution in [-0.4, -0.2) is 36.8 Å². The Balaban J connectivity index is 1.71. The van der Waals surface area contributed by atoms with E-state index in [-0.39, 0.29) is 20.9 Å². The Morgan fingerprint density at radius 3 is 2.42 bits per heavy atom. The summed E-state index contributed by atoms with van der Waals surface area (Å²) in [6.45, 7) is 1.47. The molecule has 0 saturated heterocycles. The zero-order chi connectivity index (χ0) is 22.6. The van der Waals surface area contributed by atoms with Crippen molar-refractivity contribution in [2.75, 3.05) is 15.9 Å². The first kappa shape index (κ1) is 23.8. The van der Waals surface area contributed by atoms with Crippen LogP contribution >= 0.6 is 46.3 Å². The Kier molecular flexibility index (Phi) is 7.82. The Hall–Kier alpha value is -1.85. The number of hydrogen-bond donors (Lipinski definition) is 1. The summed E-state index contributed by atoms with van der Waals surface area (Å²) in [6.07, 6.45) is 1.01. The smallest absolute Gasteiger partial charge is 0.249 e. The first-order chi connectivity index (χ1) is 14.6. The van der Waals surface area contributed by atoms with E-state index in [1.165, 1.54) is 48.2 Å². The maximum atomic E-state index is 12.8. The molecule has 1 atom stereocenters. The quantitative estimate of drug-likeness (QED) is 0.337. The van der Waals surface area contributed by atoms with E-state index in [2.05, 4.69) is 15.5 Å². The second kappa shape index (κ2) is 10.2. The summed E-state index contributed by atoms with van der Waals surface area (Å²) < 4.78 is 26.5. The van der Waals surface area contributed by atoms with Gasteiger partial charge in [-0.15, -0.1) is 10.2 Å². The number of rotatable bonds is 8. The Bertz CT molecular complexity index is 1150. The average Bonchev–Trinajstić information content (AvgIpc) is 3.12. The molecule has 1 heterocycles. The normalized spacial score (nSPS) is 12.4. The lowest BCUT2D eigenvalue weighted by Gasteiger charge is -2.28. The average molecular weight is 517 g/mol. The van der Waals surface area contributed by atoms with Crippen molar-refractivity contribution in [2.24, 2.45) is 0 Å². The molecule has 3 rings (SSSR count). The number of thioether (sulfide) groups is 1. The number of carbonyl (C=O) groups excluding carboxylic acids is 1. The van der Waals surface area contributed by atoms with E-state index in [9.17, 15) is 13.2 Å². The van der Waals surface area contributed by atoms with Crippen molar-refractivity contribution in [3.05, 3.63) is 64.1 Å². The van der Waals surface area contributed by atoms with Crippen LogP contribution in [0.3, 0.4) is 0 Å². The van der Waals surface area contributed by atoms with Crippen LogP contribution in [0, 0.1) is 0 Å². The predicted octanol–water partition coefficient (Wildman–Crippen LogP) is 4.93. The number of nitrogens with zero attached hydrogens (tertiary/aromatic N) is 3. The molecule has 2 aromatic carbocycles. The fourth-order valence-electron chi connectivity index (χ4n) is 2.72. The van der Waals surface area contributed by atoms with Gasteiger partial charge in [-0.1, -0.05) is 76.6 Å². The van der Waals surface area contributed by atoms with Crippen molar-refractivity contribution in [2.45, 2.75) is 23.1 Å². The molecule has 7 nitrogen and oxygen atoms in total. The molecular weight excluding hydrogens is 499 g/mol. The van der Waals surface area contributed by atoms with Gasteiger partial charge >= 0.3 is 0 Å². The summed E-state index contributed by atoms with van der Waals surface area (Å²) in [4.78, 5) is 12.8. The molecule has 3 aromatic rings. The maximum absolute atomic E-state index is 12.8. The van der Waals surface area contributed by atoms with Crippen molar-refractivity contribution in [1.82, 2.24) is 10.2 Å². The number of nitrogens with one attached hydrogen (secondary N) is 1. The summed E-state index contributed by atoms with van der Waals surface area (Å²) in [6, 6.07) is 13.2.